The van der Waals surface area contributed by atoms with Gasteiger partial charge in [-0.15, -0.1) is 0 Å². The van der Waals surface area contributed by atoms with E-state index in [1.807, 2.05) is 103 Å². The second kappa shape index (κ2) is 8.48. The Kier molecular flexibility index (Phi) is 5.36. The van der Waals surface area contributed by atoms with E-state index in [-0.39, 0.29) is 0 Å². The zero-order chi connectivity index (χ0) is 22.9. The van der Waals surface area contributed by atoms with Crippen LogP contribution in [0.3, 0.4) is 0 Å². The number of para-hydroxylation sites is 1. The number of aromatic nitrogens is 2. The van der Waals surface area contributed by atoms with Gasteiger partial charge in [-0.3, -0.25) is 19.4 Å². The molecule has 1 amide bonds. The molecule has 4 aromatic rings. The number of amides is 1. The van der Waals surface area contributed by atoms with E-state index in [2.05, 4.69) is 0 Å². The van der Waals surface area contributed by atoms with Crippen molar-refractivity contribution in [2.24, 2.45) is 0 Å². The highest BCUT2D eigenvalue weighted by molar-refractivity contribution is 6.52. The maximum atomic E-state index is 12.7. The molecule has 0 N–H and O–H groups in total. The first-order chi connectivity index (χ1) is 16.0. The van der Waals surface area contributed by atoms with E-state index in [0.29, 0.717) is 24.5 Å². The minimum atomic E-state index is -0.481. The number of hydrogen-bond acceptors (Lipinski definition) is 4. The summed E-state index contributed by atoms with van der Waals surface area (Å²) in [4.78, 5) is 28.7. The van der Waals surface area contributed by atoms with Crippen LogP contribution in [0.2, 0.25) is 0 Å². The number of ketones is 1. The van der Waals surface area contributed by atoms with Crippen LogP contribution in [0.25, 0.3) is 16.9 Å². The summed E-state index contributed by atoms with van der Waals surface area (Å²) >= 11 is 0. The summed E-state index contributed by atoms with van der Waals surface area (Å²) in [5, 5.41) is 4.86. The summed E-state index contributed by atoms with van der Waals surface area (Å²) in [6, 6.07) is 25.6. The number of Topliss-reactive ketones (excluding diaryl/α,β-unsaturated/α-hetero) is 1. The number of carbonyl (C=O) groups is 2. The second-order valence-electron chi connectivity index (χ2n) is 8.39. The Labute approximate surface area is 192 Å². The molecule has 1 aromatic heterocycles. The number of nitrogens with zero attached hydrogens (tertiary/aromatic N) is 4. The maximum absolute atomic E-state index is 12.7. The molecule has 33 heavy (non-hydrogen) atoms. The average Bonchev–Trinajstić information content (AvgIpc) is 3.35. The number of aryl methyl sites for hydroxylation is 1. The highest BCUT2D eigenvalue weighted by Crippen LogP contribution is 2.30. The van der Waals surface area contributed by atoms with Gasteiger partial charge in [0.15, 0.2) is 0 Å². The van der Waals surface area contributed by atoms with Gasteiger partial charge < -0.3 is 0 Å². The molecular weight excluding hydrogens is 412 g/mol. The van der Waals surface area contributed by atoms with E-state index in [1.165, 1.54) is 0 Å². The van der Waals surface area contributed by atoms with Gasteiger partial charge >= 0.3 is 5.91 Å². The number of carbonyl (C=O) groups excluding carboxylic acids is 2. The van der Waals surface area contributed by atoms with Gasteiger partial charge in [0.1, 0.15) is 0 Å². The van der Waals surface area contributed by atoms with E-state index in [1.54, 1.807) is 11.0 Å². The van der Waals surface area contributed by atoms with Crippen LogP contribution in [0.5, 0.6) is 0 Å². The molecule has 6 heteroatoms. The van der Waals surface area contributed by atoms with Crippen molar-refractivity contribution in [1.29, 1.82) is 0 Å². The van der Waals surface area contributed by atoms with E-state index in [0.717, 1.165) is 28.1 Å². The third-order valence-corrected chi connectivity index (χ3v) is 5.81. The monoisotopic (exact) mass is 436 g/mol. The first-order valence-corrected chi connectivity index (χ1v) is 10.9. The second-order valence-corrected chi connectivity index (χ2v) is 8.39. The molecule has 2 heterocycles. The third kappa shape index (κ3) is 3.97. The predicted molar refractivity (Wildman–Crippen MR) is 128 cm³/mol. The molecule has 0 saturated heterocycles. The van der Waals surface area contributed by atoms with Crippen LogP contribution >= 0.6 is 0 Å². The van der Waals surface area contributed by atoms with Crippen LogP contribution in [0.15, 0.2) is 85.1 Å². The smallest absolute Gasteiger partial charge is 0.291 e. The number of fused-ring (bicyclic) bond motifs is 1. The van der Waals surface area contributed by atoms with Crippen molar-refractivity contribution >= 4 is 17.4 Å². The topological polar surface area (TPSA) is 58.4 Å². The standard InChI is InChI=1S/C27H24N4O2/c1-19-13-14-24-23(15-19)26(32)27(33)30(24)18-29(2)16-21-17-31(22-11-7-4-8-12-22)28-25(21)20-9-5-3-6-10-20/h3-15,17H,16,18H2,1-2H3. The van der Waals surface area contributed by atoms with Crippen LogP contribution in [0.1, 0.15) is 21.5 Å². The lowest BCUT2D eigenvalue weighted by Crippen LogP contribution is -2.38. The molecule has 5 rings (SSSR count). The average molecular weight is 437 g/mol. The van der Waals surface area contributed by atoms with E-state index >= 15 is 0 Å². The van der Waals surface area contributed by atoms with Gasteiger partial charge in [-0.2, -0.15) is 5.10 Å². The molecule has 0 saturated carbocycles. The molecular formula is C27H24N4O2. The largest absolute Gasteiger partial charge is 0.300 e. The Morgan fingerprint density at radius 1 is 0.909 bits per heavy atom. The molecule has 0 atom stereocenters. The number of rotatable bonds is 6. The Balaban J connectivity index is 1.44. The minimum Gasteiger partial charge on any atom is -0.291 e. The van der Waals surface area contributed by atoms with Gasteiger partial charge in [-0.05, 0) is 38.2 Å². The zero-order valence-electron chi connectivity index (χ0n) is 18.6. The Morgan fingerprint density at radius 3 is 2.33 bits per heavy atom. The molecule has 3 aromatic carbocycles. The number of anilines is 1. The van der Waals surface area contributed by atoms with E-state index < -0.39 is 11.7 Å². The SMILES string of the molecule is Cc1ccc2c(c1)C(=O)C(=O)N2CN(C)Cc1cn(-c2ccccc2)nc1-c1ccccc1. The van der Waals surface area contributed by atoms with Crippen molar-refractivity contribution in [3.63, 3.8) is 0 Å². The highest BCUT2D eigenvalue weighted by atomic mass is 16.2. The molecule has 0 bridgehead atoms. The van der Waals surface area contributed by atoms with Gasteiger partial charge in [0.2, 0.25) is 0 Å². The van der Waals surface area contributed by atoms with Crippen LogP contribution in [-0.4, -0.2) is 40.1 Å². The van der Waals surface area contributed by atoms with Gasteiger partial charge in [-0.25, -0.2) is 4.68 Å². The zero-order valence-corrected chi connectivity index (χ0v) is 18.6. The Morgan fingerprint density at radius 2 is 1.61 bits per heavy atom. The Bertz CT molecular complexity index is 1330. The lowest BCUT2D eigenvalue weighted by molar-refractivity contribution is -0.114. The lowest BCUT2D eigenvalue weighted by Gasteiger charge is -2.24. The van der Waals surface area contributed by atoms with Crippen molar-refractivity contribution in [3.05, 3.63) is 102 Å². The van der Waals surface area contributed by atoms with Crippen molar-refractivity contribution in [2.75, 3.05) is 18.6 Å². The summed E-state index contributed by atoms with van der Waals surface area (Å²) < 4.78 is 1.88. The number of benzene rings is 3. The molecule has 6 nitrogen and oxygen atoms in total. The van der Waals surface area contributed by atoms with Crippen LogP contribution in [0, 0.1) is 6.92 Å². The fraction of sp³-hybridized carbons (Fsp3) is 0.148. The van der Waals surface area contributed by atoms with Crippen molar-refractivity contribution < 1.29 is 9.59 Å². The first kappa shape index (κ1) is 20.8. The van der Waals surface area contributed by atoms with Crippen LogP contribution in [-0.2, 0) is 11.3 Å². The van der Waals surface area contributed by atoms with Gasteiger partial charge in [0.25, 0.3) is 5.78 Å². The summed E-state index contributed by atoms with van der Waals surface area (Å²) in [6.45, 7) is 2.80. The fourth-order valence-electron chi connectivity index (χ4n) is 4.21. The van der Waals surface area contributed by atoms with Crippen LogP contribution < -0.4 is 4.90 Å². The fourth-order valence-corrected chi connectivity index (χ4v) is 4.21. The maximum Gasteiger partial charge on any atom is 0.300 e. The third-order valence-electron chi connectivity index (χ3n) is 5.81. The number of hydrogen-bond donors (Lipinski definition) is 0. The quantitative estimate of drug-likeness (QED) is 0.419. The van der Waals surface area contributed by atoms with E-state index in [9.17, 15) is 9.59 Å². The minimum absolute atomic E-state index is 0.311. The summed E-state index contributed by atoms with van der Waals surface area (Å²) in [7, 11) is 1.94. The summed E-state index contributed by atoms with van der Waals surface area (Å²) in [5.74, 6) is -0.922. The van der Waals surface area contributed by atoms with Crippen molar-refractivity contribution in [2.45, 2.75) is 13.5 Å². The first-order valence-electron chi connectivity index (χ1n) is 10.9. The molecule has 1 aliphatic rings. The molecule has 0 fully saturated rings. The molecule has 164 valence electrons. The predicted octanol–water partition coefficient (Wildman–Crippen LogP) is 4.47. The van der Waals surface area contributed by atoms with Crippen molar-refractivity contribution in [3.8, 4) is 16.9 Å². The molecule has 0 spiro atoms. The Hall–Kier alpha value is -4.03. The molecule has 0 aliphatic carbocycles. The molecule has 1 aliphatic heterocycles. The molecule has 0 radical (unpaired) electrons. The summed E-state index contributed by atoms with van der Waals surface area (Å²) in [5.41, 5.74) is 6.06. The van der Waals surface area contributed by atoms with Gasteiger partial charge in [0.05, 0.1) is 29.3 Å². The van der Waals surface area contributed by atoms with E-state index in [4.69, 9.17) is 5.10 Å². The highest BCUT2D eigenvalue weighted by Gasteiger charge is 2.36. The van der Waals surface area contributed by atoms with Gasteiger partial charge in [-0.1, -0.05) is 60.2 Å². The van der Waals surface area contributed by atoms with Crippen LogP contribution in [0.4, 0.5) is 5.69 Å². The normalized spacial score (nSPS) is 13.1. The summed E-state index contributed by atoms with van der Waals surface area (Å²) in [6.07, 6.45) is 2.03. The molecule has 0 unspecified atom stereocenters. The lowest BCUT2D eigenvalue weighted by atomic mass is 10.1. The van der Waals surface area contributed by atoms with Crippen molar-refractivity contribution in [1.82, 2.24) is 14.7 Å². The van der Waals surface area contributed by atoms with Gasteiger partial charge in [0, 0.05) is 23.9 Å².